The molecule has 8 nitrogen and oxygen atoms in total. The van der Waals surface area contributed by atoms with Gasteiger partial charge in [-0.1, -0.05) is 6.07 Å². The Balaban J connectivity index is 2.66. The molecule has 1 amide bonds. The Labute approximate surface area is 114 Å². The van der Waals surface area contributed by atoms with Crippen LogP contribution in [0.3, 0.4) is 0 Å². The summed E-state index contributed by atoms with van der Waals surface area (Å²) in [6, 6.07) is 4.74. The van der Waals surface area contributed by atoms with Crippen LogP contribution in [0.15, 0.2) is 18.2 Å². The molecule has 0 radical (unpaired) electrons. The maximum absolute atomic E-state index is 11.0. The summed E-state index contributed by atoms with van der Waals surface area (Å²) in [4.78, 5) is 37.5. The molecule has 20 heavy (non-hydrogen) atoms. The molecule has 0 atom stereocenters. The quantitative estimate of drug-likeness (QED) is 0.567. The van der Waals surface area contributed by atoms with Gasteiger partial charge in [-0.2, -0.15) is 0 Å². The van der Waals surface area contributed by atoms with Gasteiger partial charge in [0.2, 0.25) is 0 Å². The molecule has 1 rings (SSSR count). The standard InChI is InChI=1S/C12H15N3O5/c13-12(20)9-3-1-2-8(14-9)4-5-15(6-10(16)17)7-11(18)19/h1-3H,4-7H2,(H2,13,20)(H,16,17)(H,18,19). The molecule has 0 aliphatic carbocycles. The number of carboxylic acid groups (broad SMARTS) is 2. The minimum absolute atomic E-state index is 0.116. The first-order valence-electron chi connectivity index (χ1n) is 5.80. The largest absolute Gasteiger partial charge is 0.480 e. The number of pyridine rings is 1. The SMILES string of the molecule is NC(=O)c1cccc(CCN(CC(=O)O)CC(=O)O)n1. The van der Waals surface area contributed by atoms with E-state index in [1.165, 1.54) is 11.0 Å². The van der Waals surface area contributed by atoms with Crippen LogP contribution in [-0.2, 0) is 16.0 Å². The summed E-state index contributed by atoms with van der Waals surface area (Å²) < 4.78 is 0. The summed E-state index contributed by atoms with van der Waals surface area (Å²) in [6.45, 7) is -0.544. The third-order valence-electron chi connectivity index (χ3n) is 2.46. The van der Waals surface area contributed by atoms with Gasteiger partial charge in [-0.25, -0.2) is 4.98 Å². The fraction of sp³-hybridized carbons (Fsp3) is 0.333. The van der Waals surface area contributed by atoms with E-state index >= 15 is 0 Å². The van der Waals surface area contributed by atoms with Crippen LogP contribution in [0.25, 0.3) is 0 Å². The van der Waals surface area contributed by atoms with Gasteiger partial charge in [0, 0.05) is 18.7 Å². The molecule has 0 aliphatic rings. The van der Waals surface area contributed by atoms with Gasteiger partial charge in [-0.3, -0.25) is 19.3 Å². The van der Waals surface area contributed by atoms with Gasteiger partial charge in [-0.15, -0.1) is 0 Å². The molecular weight excluding hydrogens is 266 g/mol. The van der Waals surface area contributed by atoms with E-state index in [0.29, 0.717) is 12.1 Å². The van der Waals surface area contributed by atoms with Gasteiger partial charge in [0.1, 0.15) is 5.69 Å². The fourth-order valence-corrected chi connectivity index (χ4v) is 1.63. The first kappa shape index (κ1) is 15.6. The van der Waals surface area contributed by atoms with Crippen molar-refractivity contribution in [2.45, 2.75) is 6.42 Å². The van der Waals surface area contributed by atoms with E-state index in [1.807, 2.05) is 0 Å². The number of hydrogen-bond acceptors (Lipinski definition) is 5. The zero-order chi connectivity index (χ0) is 15.1. The lowest BCUT2D eigenvalue weighted by molar-refractivity contribution is -0.141. The smallest absolute Gasteiger partial charge is 0.317 e. The third-order valence-corrected chi connectivity index (χ3v) is 2.46. The number of carbonyl (C=O) groups excluding carboxylic acids is 1. The lowest BCUT2D eigenvalue weighted by Gasteiger charge is -2.17. The highest BCUT2D eigenvalue weighted by Crippen LogP contribution is 2.02. The number of hydrogen-bond donors (Lipinski definition) is 3. The van der Waals surface area contributed by atoms with E-state index in [0.717, 1.165) is 0 Å². The first-order chi connectivity index (χ1) is 9.38. The molecule has 0 aliphatic heterocycles. The van der Waals surface area contributed by atoms with E-state index in [1.54, 1.807) is 12.1 Å². The van der Waals surface area contributed by atoms with Crippen molar-refractivity contribution in [2.24, 2.45) is 5.73 Å². The number of aliphatic carboxylic acids is 2. The number of carboxylic acids is 2. The van der Waals surface area contributed by atoms with Gasteiger partial charge in [-0.05, 0) is 12.1 Å². The van der Waals surface area contributed by atoms with E-state index < -0.39 is 17.8 Å². The fourth-order valence-electron chi connectivity index (χ4n) is 1.63. The zero-order valence-corrected chi connectivity index (χ0v) is 10.7. The van der Waals surface area contributed by atoms with E-state index in [2.05, 4.69) is 4.98 Å². The number of nitrogens with zero attached hydrogens (tertiary/aromatic N) is 2. The Hall–Kier alpha value is -2.48. The Morgan fingerprint density at radius 2 is 1.75 bits per heavy atom. The van der Waals surface area contributed by atoms with Gasteiger partial charge in [0.15, 0.2) is 0 Å². The molecule has 0 aromatic carbocycles. The van der Waals surface area contributed by atoms with Crippen molar-refractivity contribution in [3.63, 3.8) is 0 Å². The average Bonchev–Trinajstić information content (AvgIpc) is 2.35. The molecule has 0 bridgehead atoms. The normalized spacial score (nSPS) is 10.4. The van der Waals surface area contributed by atoms with Crippen molar-refractivity contribution in [2.75, 3.05) is 19.6 Å². The molecule has 0 saturated carbocycles. The third kappa shape index (κ3) is 5.44. The van der Waals surface area contributed by atoms with Crippen molar-refractivity contribution in [3.05, 3.63) is 29.6 Å². The second-order valence-electron chi connectivity index (χ2n) is 4.13. The second-order valence-corrected chi connectivity index (χ2v) is 4.13. The van der Waals surface area contributed by atoms with Crippen LogP contribution in [0.1, 0.15) is 16.2 Å². The van der Waals surface area contributed by atoms with Crippen LogP contribution < -0.4 is 5.73 Å². The summed E-state index contributed by atoms with van der Waals surface area (Å²) >= 11 is 0. The summed E-state index contributed by atoms with van der Waals surface area (Å²) in [5.74, 6) is -2.87. The predicted octanol–water partition coefficient (Wildman–Crippen LogP) is -0.806. The average molecular weight is 281 g/mol. The van der Waals surface area contributed by atoms with Crippen molar-refractivity contribution in [3.8, 4) is 0 Å². The van der Waals surface area contributed by atoms with E-state index in [4.69, 9.17) is 15.9 Å². The molecule has 0 fully saturated rings. The second kappa shape index (κ2) is 7.19. The van der Waals surface area contributed by atoms with Crippen LogP contribution in [0.4, 0.5) is 0 Å². The number of carbonyl (C=O) groups is 3. The van der Waals surface area contributed by atoms with Gasteiger partial charge >= 0.3 is 11.9 Å². The minimum Gasteiger partial charge on any atom is -0.480 e. The topological polar surface area (TPSA) is 134 Å². The monoisotopic (exact) mass is 281 g/mol. The van der Waals surface area contributed by atoms with Crippen LogP contribution in [0, 0.1) is 0 Å². The molecule has 108 valence electrons. The van der Waals surface area contributed by atoms with Crippen molar-refractivity contribution < 1.29 is 24.6 Å². The van der Waals surface area contributed by atoms with E-state index in [9.17, 15) is 14.4 Å². The Morgan fingerprint density at radius 1 is 1.15 bits per heavy atom. The molecule has 1 heterocycles. The summed E-state index contributed by atoms with van der Waals surface area (Å²) in [7, 11) is 0. The summed E-state index contributed by atoms with van der Waals surface area (Å²) in [6.07, 6.45) is 0.321. The van der Waals surface area contributed by atoms with Crippen LogP contribution in [0.2, 0.25) is 0 Å². The molecule has 4 N–H and O–H groups in total. The van der Waals surface area contributed by atoms with Gasteiger partial charge < -0.3 is 15.9 Å². The molecule has 8 heteroatoms. The highest BCUT2D eigenvalue weighted by molar-refractivity contribution is 5.90. The molecule has 0 spiro atoms. The Bertz CT molecular complexity index is 502. The summed E-state index contributed by atoms with van der Waals surface area (Å²) in [5, 5.41) is 17.4. The Morgan fingerprint density at radius 3 is 2.25 bits per heavy atom. The highest BCUT2D eigenvalue weighted by atomic mass is 16.4. The number of amides is 1. The molecule has 0 unspecified atom stereocenters. The molecule has 1 aromatic rings. The summed E-state index contributed by atoms with van der Waals surface area (Å²) in [5.41, 5.74) is 5.76. The van der Waals surface area contributed by atoms with Crippen molar-refractivity contribution >= 4 is 17.8 Å². The van der Waals surface area contributed by atoms with Crippen LogP contribution in [-0.4, -0.2) is 57.6 Å². The molecule has 1 aromatic heterocycles. The molecule has 0 saturated heterocycles. The predicted molar refractivity (Wildman–Crippen MR) is 68.2 cm³/mol. The van der Waals surface area contributed by atoms with Gasteiger partial charge in [0.05, 0.1) is 13.1 Å². The molecular formula is C12H15N3O5. The zero-order valence-electron chi connectivity index (χ0n) is 10.7. The highest BCUT2D eigenvalue weighted by Gasteiger charge is 2.13. The maximum Gasteiger partial charge on any atom is 0.317 e. The van der Waals surface area contributed by atoms with Crippen molar-refractivity contribution in [1.82, 2.24) is 9.88 Å². The lowest BCUT2D eigenvalue weighted by Crippen LogP contribution is -2.36. The van der Waals surface area contributed by atoms with Gasteiger partial charge in [0.25, 0.3) is 5.91 Å². The minimum atomic E-state index is -1.11. The van der Waals surface area contributed by atoms with E-state index in [-0.39, 0.29) is 25.3 Å². The number of nitrogens with two attached hydrogens (primary N) is 1. The van der Waals surface area contributed by atoms with Crippen LogP contribution in [0.5, 0.6) is 0 Å². The maximum atomic E-state index is 11.0. The number of rotatable bonds is 8. The first-order valence-corrected chi connectivity index (χ1v) is 5.80. The Kier molecular flexibility index (Phi) is 5.60. The number of primary amides is 1. The van der Waals surface area contributed by atoms with Crippen molar-refractivity contribution in [1.29, 1.82) is 0 Å². The lowest BCUT2D eigenvalue weighted by atomic mass is 10.2. The van der Waals surface area contributed by atoms with Crippen LogP contribution >= 0.6 is 0 Å². The number of aromatic nitrogens is 1.